The Morgan fingerprint density at radius 2 is 1.95 bits per heavy atom. The SMILES string of the molecule is Cc1cnc(CSC2Nc3ccccc3N2C)c(C)c1C. The first kappa shape index (κ1) is 14.3. The third kappa shape index (κ3) is 2.60. The molecule has 0 amide bonds. The van der Waals surface area contributed by atoms with Gasteiger partial charge >= 0.3 is 0 Å². The van der Waals surface area contributed by atoms with Gasteiger partial charge in [-0.15, -0.1) is 11.8 Å². The summed E-state index contributed by atoms with van der Waals surface area (Å²) >= 11 is 1.88. The number of rotatable bonds is 3. The molecule has 2 heterocycles. The molecule has 1 aliphatic heterocycles. The van der Waals surface area contributed by atoms with Gasteiger partial charge in [-0.3, -0.25) is 4.98 Å². The van der Waals surface area contributed by atoms with Gasteiger partial charge in [0.15, 0.2) is 0 Å². The third-order valence-electron chi connectivity index (χ3n) is 4.29. The zero-order valence-corrected chi connectivity index (χ0v) is 13.8. The molecule has 2 aromatic rings. The summed E-state index contributed by atoms with van der Waals surface area (Å²) in [7, 11) is 2.14. The van der Waals surface area contributed by atoms with Crippen molar-refractivity contribution < 1.29 is 0 Å². The average molecular weight is 299 g/mol. The second kappa shape index (κ2) is 5.60. The highest BCUT2D eigenvalue weighted by atomic mass is 32.2. The lowest BCUT2D eigenvalue weighted by atomic mass is 10.1. The number of para-hydroxylation sites is 2. The number of hydrogen-bond donors (Lipinski definition) is 1. The summed E-state index contributed by atoms with van der Waals surface area (Å²) in [4.78, 5) is 6.89. The van der Waals surface area contributed by atoms with E-state index in [2.05, 4.69) is 67.3 Å². The number of nitrogens with zero attached hydrogens (tertiary/aromatic N) is 2. The number of benzene rings is 1. The standard InChI is InChI=1S/C17H21N3S/c1-11-9-18-15(13(3)12(11)2)10-21-17-19-14-7-5-6-8-16(14)20(17)4/h5-9,17,19H,10H2,1-4H3. The minimum absolute atomic E-state index is 0.269. The molecule has 0 saturated carbocycles. The molecule has 1 atom stereocenters. The fraction of sp³-hybridized carbons (Fsp3) is 0.353. The Kier molecular flexibility index (Phi) is 3.81. The molecule has 110 valence electrons. The van der Waals surface area contributed by atoms with Crippen molar-refractivity contribution in [3.05, 3.63) is 52.8 Å². The van der Waals surface area contributed by atoms with E-state index < -0.39 is 0 Å². The van der Waals surface area contributed by atoms with E-state index in [1.54, 1.807) is 0 Å². The molecule has 1 aromatic carbocycles. The molecule has 0 radical (unpaired) electrons. The van der Waals surface area contributed by atoms with Crippen LogP contribution in [0.1, 0.15) is 22.4 Å². The molecule has 1 aliphatic rings. The molecule has 0 aliphatic carbocycles. The van der Waals surface area contributed by atoms with E-state index in [9.17, 15) is 0 Å². The van der Waals surface area contributed by atoms with Crippen LogP contribution in [0, 0.1) is 20.8 Å². The highest BCUT2D eigenvalue weighted by molar-refractivity contribution is 7.99. The van der Waals surface area contributed by atoms with Crippen LogP contribution < -0.4 is 10.2 Å². The van der Waals surface area contributed by atoms with Gasteiger partial charge in [-0.05, 0) is 49.6 Å². The molecule has 0 bridgehead atoms. The molecule has 4 heteroatoms. The predicted octanol–water partition coefficient (Wildman–Crippen LogP) is 4.09. The van der Waals surface area contributed by atoms with Gasteiger partial charge in [-0.25, -0.2) is 0 Å². The average Bonchev–Trinajstić information content (AvgIpc) is 2.81. The molecular formula is C17H21N3S. The van der Waals surface area contributed by atoms with Crippen LogP contribution in [-0.4, -0.2) is 17.5 Å². The zero-order chi connectivity index (χ0) is 15.0. The summed E-state index contributed by atoms with van der Waals surface area (Å²) in [5.41, 5.74) is 7.88. The van der Waals surface area contributed by atoms with Crippen molar-refractivity contribution in [2.45, 2.75) is 32.0 Å². The smallest absolute Gasteiger partial charge is 0.148 e. The lowest BCUT2D eigenvalue weighted by Gasteiger charge is -2.21. The van der Waals surface area contributed by atoms with E-state index in [-0.39, 0.29) is 5.50 Å². The van der Waals surface area contributed by atoms with Gasteiger partial charge in [0.25, 0.3) is 0 Å². The maximum absolute atomic E-state index is 4.61. The summed E-state index contributed by atoms with van der Waals surface area (Å²) in [6.07, 6.45) is 1.98. The molecule has 0 fully saturated rings. The van der Waals surface area contributed by atoms with Crippen molar-refractivity contribution in [1.29, 1.82) is 0 Å². The van der Waals surface area contributed by atoms with Crippen LogP contribution in [-0.2, 0) is 5.75 Å². The number of hydrogen-bond acceptors (Lipinski definition) is 4. The van der Waals surface area contributed by atoms with Gasteiger partial charge in [0, 0.05) is 19.0 Å². The summed E-state index contributed by atoms with van der Waals surface area (Å²) in [5.74, 6) is 0.920. The minimum atomic E-state index is 0.269. The number of aromatic nitrogens is 1. The molecule has 0 spiro atoms. The van der Waals surface area contributed by atoms with Gasteiger partial charge in [0.05, 0.1) is 17.1 Å². The molecule has 1 aromatic heterocycles. The molecule has 1 N–H and O–H groups in total. The van der Waals surface area contributed by atoms with Crippen molar-refractivity contribution in [3.8, 4) is 0 Å². The summed E-state index contributed by atoms with van der Waals surface area (Å²) in [6, 6.07) is 8.44. The van der Waals surface area contributed by atoms with Crippen molar-refractivity contribution in [2.24, 2.45) is 0 Å². The van der Waals surface area contributed by atoms with E-state index in [0.29, 0.717) is 0 Å². The first-order valence-electron chi connectivity index (χ1n) is 7.19. The molecule has 3 rings (SSSR count). The van der Waals surface area contributed by atoms with Gasteiger partial charge in [0.1, 0.15) is 5.50 Å². The lowest BCUT2D eigenvalue weighted by Crippen LogP contribution is -2.29. The molecule has 3 nitrogen and oxygen atoms in total. The first-order chi connectivity index (χ1) is 10.1. The monoisotopic (exact) mass is 299 g/mol. The van der Waals surface area contributed by atoms with Gasteiger partial charge in [-0.1, -0.05) is 12.1 Å². The summed E-state index contributed by atoms with van der Waals surface area (Å²) < 4.78 is 0. The number of pyridine rings is 1. The van der Waals surface area contributed by atoms with Crippen LogP contribution in [0.4, 0.5) is 11.4 Å². The van der Waals surface area contributed by atoms with Crippen LogP contribution in [0.5, 0.6) is 0 Å². The Hall–Kier alpha value is -1.68. The Morgan fingerprint density at radius 3 is 2.71 bits per heavy atom. The third-order valence-corrected chi connectivity index (χ3v) is 5.48. The fourth-order valence-electron chi connectivity index (χ4n) is 2.60. The number of aryl methyl sites for hydroxylation is 1. The maximum atomic E-state index is 4.61. The second-order valence-electron chi connectivity index (χ2n) is 5.57. The molecule has 21 heavy (non-hydrogen) atoms. The zero-order valence-electron chi connectivity index (χ0n) is 13.0. The van der Waals surface area contributed by atoms with Crippen molar-refractivity contribution >= 4 is 23.1 Å². The first-order valence-corrected chi connectivity index (χ1v) is 8.24. The normalized spacial score (nSPS) is 16.8. The van der Waals surface area contributed by atoms with Gasteiger partial charge in [-0.2, -0.15) is 0 Å². The highest BCUT2D eigenvalue weighted by Crippen LogP contribution is 2.37. The Bertz CT molecular complexity index is 669. The second-order valence-corrected chi connectivity index (χ2v) is 6.64. The Balaban J connectivity index is 1.71. The van der Waals surface area contributed by atoms with Crippen LogP contribution >= 0.6 is 11.8 Å². The van der Waals surface area contributed by atoms with Gasteiger partial charge in [0.2, 0.25) is 0 Å². The Morgan fingerprint density at radius 1 is 1.19 bits per heavy atom. The van der Waals surface area contributed by atoms with E-state index in [4.69, 9.17) is 0 Å². The van der Waals surface area contributed by atoms with E-state index in [1.807, 2.05) is 18.0 Å². The number of anilines is 2. The topological polar surface area (TPSA) is 28.2 Å². The van der Waals surface area contributed by atoms with Crippen molar-refractivity contribution in [3.63, 3.8) is 0 Å². The number of fused-ring (bicyclic) bond motifs is 1. The highest BCUT2D eigenvalue weighted by Gasteiger charge is 2.25. The van der Waals surface area contributed by atoms with Crippen molar-refractivity contribution in [1.82, 2.24) is 4.98 Å². The lowest BCUT2D eigenvalue weighted by molar-refractivity contribution is 0.966. The van der Waals surface area contributed by atoms with Gasteiger partial charge < -0.3 is 10.2 Å². The van der Waals surface area contributed by atoms with Crippen LogP contribution in [0.25, 0.3) is 0 Å². The molecule has 0 saturated heterocycles. The molecular weight excluding hydrogens is 278 g/mol. The van der Waals surface area contributed by atoms with Crippen LogP contribution in [0.2, 0.25) is 0 Å². The number of thioether (sulfide) groups is 1. The van der Waals surface area contributed by atoms with Crippen LogP contribution in [0.15, 0.2) is 30.5 Å². The predicted molar refractivity (Wildman–Crippen MR) is 92.0 cm³/mol. The fourth-order valence-corrected chi connectivity index (χ4v) is 3.75. The number of nitrogens with one attached hydrogen (secondary N) is 1. The Labute approximate surface area is 130 Å². The van der Waals surface area contributed by atoms with E-state index in [0.717, 1.165) is 5.75 Å². The van der Waals surface area contributed by atoms with Crippen LogP contribution in [0.3, 0.4) is 0 Å². The summed E-state index contributed by atoms with van der Waals surface area (Å²) in [5, 5.41) is 3.56. The van der Waals surface area contributed by atoms with E-state index >= 15 is 0 Å². The van der Waals surface area contributed by atoms with E-state index in [1.165, 1.54) is 33.8 Å². The largest absolute Gasteiger partial charge is 0.355 e. The quantitative estimate of drug-likeness (QED) is 0.924. The summed E-state index contributed by atoms with van der Waals surface area (Å²) in [6.45, 7) is 6.47. The maximum Gasteiger partial charge on any atom is 0.148 e. The minimum Gasteiger partial charge on any atom is -0.355 e. The van der Waals surface area contributed by atoms with Crippen molar-refractivity contribution in [2.75, 3.05) is 17.3 Å². The molecule has 1 unspecified atom stereocenters.